The summed E-state index contributed by atoms with van der Waals surface area (Å²) >= 11 is 0. The normalized spacial score (nSPS) is 18.6. The first kappa shape index (κ1) is 22.6. The van der Waals surface area contributed by atoms with E-state index in [1.807, 2.05) is 36.4 Å². The lowest BCUT2D eigenvalue weighted by Crippen LogP contribution is -2.40. The van der Waals surface area contributed by atoms with Crippen molar-refractivity contribution in [2.24, 2.45) is 0 Å². The highest BCUT2D eigenvalue weighted by Crippen LogP contribution is 2.44. The molecule has 0 bridgehead atoms. The third kappa shape index (κ3) is 4.36. The second-order valence-corrected chi connectivity index (χ2v) is 8.73. The Morgan fingerprint density at radius 1 is 0.943 bits per heavy atom. The van der Waals surface area contributed by atoms with Crippen LogP contribution in [-0.4, -0.2) is 58.4 Å². The number of β-amino-alcohol motifs (C(OH)–C–C–N with tert-alkyl or cyclic N) is 1. The van der Waals surface area contributed by atoms with Gasteiger partial charge in [0.1, 0.15) is 12.6 Å². The number of fused-ring (bicyclic) bond motifs is 3. The summed E-state index contributed by atoms with van der Waals surface area (Å²) in [5, 5.41) is 21.8. The number of nitrogens with one attached hydrogen (secondary N) is 1. The van der Waals surface area contributed by atoms with Gasteiger partial charge in [-0.05, 0) is 40.5 Å². The molecule has 35 heavy (non-hydrogen) atoms. The molecular formula is C27H24N2O6. The van der Waals surface area contributed by atoms with Gasteiger partial charge in [0.2, 0.25) is 0 Å². The van der Waals surface area contributed by atoms with E-state index in [2.05, 4.69) is 17.4 Å². The Labute approximate surface area is 201 Å². The van der Waals surface area contributed by atoms with E-state index < -0.39 is 30.1 Å². The van der Waals surface area contributed by atoms with Crippen molar-refractivity contribution in [3.63, 3.8) is 0 Å². The van der Waals surface area contributed by atoms with Crippen LogP contribution < -0.4 is 5.32 Å². The third-order valence-corrected chi connectivity index (χ3v) is 6.52. The molecule has 8 nitrogen and oxygen atoms in total. The largest absolute Gasteiger partial charge is 0.480 e. The monoisotopic (exact) mass is 472 g/mol. The SMILES string of the molecule is O=C(Nc1cccc(C(=O)N2C[C@H](O)C[C@@H]2C(=O)O)c1)OCC1c2ccccc2-c2ccccc21. The zero-order valence-corrected chi connectivity index (χ0v) is 18.8. The number of likely N-dealkylation sites (tertiary alicyclic amines) is 1. The lowest BCUT2D eigenvalue weighted by Gasteiger charge is -2.21. The van der Waals surface area contributed by atoms with Crippen LogP contribution in [0.2, 0.25) is 0 Å². The Balaban J connectivity index is 1.26. The lowest BCUT2D eigenvalue weighted by atomic mass is 9.98. The van der Waals surface area contributed by atoms with Crippen molar-refractivity contribution in [3.8, 4) is 11.1 Å². The third-order valence-electron chi connectivity index (χ3n) is 6.52. The number of hydrogen-bond donors (Lipinski definition) is 3. The molecule has 1 saturated heterocycles. The topological polar surface area (TPSA) is 116 Å². The van der Waals surface area contributed by atoms with Gasteiger partial charge in [-0.1, -0.05) is 54.6 Å². The number of aliphatic hydroxyl groups is 1. The van der Waals surface area contributed by atoms with Crippen molar-refractivity contribution >= 4 is 23.7 Å². The maximum absolute atomic E-state index is 12.9. The first-order valence-electron chi connectivity index (χ1n) is 11.4. The van der Waals surface area contributed by atoms with Crippen LogP contribution in [0, 0.1) is 0 Å². The number of carbonyl (C=O) groups is 3. The highest BCUT2D eigenvalue weighted by Gasteiger charge is 2.39. The molecule has 0 spiro atoms. The minimum Gasteiger partial charge on any atom is -0.480 e. The summed E-state index contributed by atoms with van der Waals surface area (Å²) in [6, 6.07) is 21.2. The van der Waals surface area contributed by atoms with Crippen molar-refractivity contribution in [2.75, 3.05) is 18.5 Å². The summed E-state index contributed by atoms with van der Waals surface area (Å²) in [5.41, 5.74) is 5.04. The first-order valence-corrected chi connectivity index (χ1v) is 11.4. The van der Waals surface area contributed by atoms with E-state index in [1.54, 1.807) is 12.1 Å². The van der Waals surface area contributed by atoms with E-state index in [1.165, 1.54) is 12.1 Å². The van der Waals surface area contributed by atoms with Gasteiger partial charge in [-0.15, -0.1) is 0 Å². The highest BCUT2D eigenvalue weighted by molar-refractivity contribution is 5.98. The molecule has 0 unspecified atom stereocenters. The van der Waals surface area contributed by atoms with Crippen molar-refractivity contribution in [1.82, 2.24) is 4.90 Å². The molecule has 0 aromatic heterocycles. The fraction of sp³-hybridized carbons (Fsp3) is 0.222. The molecule has 178 valence electrons. The molecule has 1 aliphatic heterocycles. The van der Waals surface area contributed by atoms with Gasteiger partial charge < -0.3 is 19.8 Å². The number of nitrogens with zero attached hydrogens (tertiary/aromatic N) is 1. The Hall–Kier alpha value is -4.17. The fourth-order valence-electron chi connectivity index (χ4n) is 4.92. The Morgan fingerprint density at radius 3 is 2.26 bits per heavy atom. The molecule has 2 atom stereocenters. The Bertz CT molecular complexity index is 1260. The minimum atomic E-state index is -1.16. The van der Waals surface area contributed by atoms with E-state index in [-0.39, 0.29) is 31.1 Å². The van der Waals surface area contributed by atoms with Crippen LogP contribution in [0.1, 0.15) is 33.8 Å². The fourth-order valence-corrected chi connectivity index (χ4v) is 4.92. The molecule has 3 N–H and O–H groups in total. The molecule has 2 amide bonds. The number of carbonyl (C=O) groups excluding carboxylic acids is 2. The van der Waals surface area contributed by atoms with Crippen LogP contribution in [0.15, 0.2) is 72.8 Å². The molecule has 3 aromatic rings. The first-order chi connectivity index (χ1) is 16.9. The lowest BCUT2D eigenvalue weighted by molar-refractivity contribution is -0.141. The average molecular weight is 472 g/mol. The summed E-state index contributed by atoms with van der Waals surface area (Å²) in [4.78, 5) is 38.1. The summed E-state index contributed by atoms with van der Waals surface area (Å²) in [6.45, 7) is 0.101. The summed E-state index contributed by atoms with van der Waals surface area (Å²) in [6.07, 6.45) is -1.56. The molecule has 0 radical (unpaired) electrons. The highest BCUT2D eigenvalue weighted by atomic mass is 16.5. The van der Waals surface area contributed by atoms with E-state index in [9.17, 15) is 24.6 Å². The molecule has 5 rings (SSSR count). The van der Waals surface area contributed by atoms with Crippen molar-refractivity contribution < 1.29 is 29.3 Å². The molecule has 1 fully saturated rings. The Kier molecular flexibility index (Phi) is 5.96. The number of anilines is 1. The van der Waals surface area contributed by atoms with Crippen molar-refractivity contribution in [3.05, 3.63) is 89.5 Å². The molecule has 8 heteroatoms. The number of hydrogen-bond acceptors (Lipinski definition) is 5. The number of amides is 2. The van der Waals surface area contributed by atoms with Gasteiger partial charge in [-0.3, -0.25) is 10.1 Å². The van der Waals surface area contributed by atoms with Gasteiger partial charge in [0.05, 0.1) is 6.10 Å². The summed E-state index contributed by atoms with van der Waals surface area (Å²) in [7, 11) is 0. The van der Waals surface area contributed by atoms with E-state index in [0.717, 1.165) is 27.2 Å². The van der Waals surface area contributed by atoms with Gasteiger partial charge in [0, 0.05) is 30.1 Å². The van der Waals surface area contributed by atoms with Gasteiger partial charge in [0.25, 0.3) is 5.91 Å². The number of ether oxygens (including phenoxy) is 1. The maximum atomic E-state index is 12.9. The zero-order valence-electron chi connectivity index (χ0n) is 18.8. The van der Waals surface area contributed by atoms with Crippen LogP contribution in [0.5, 0.6) is 0 Å². The standard InChI is InChI=1S/C27H24N2O6/c30-18-13-24(26(32)33)29(14-18)25(31)16-6-5-7-17(12-16)28-27(34)35-15-23-21-10-3-1-8-19(21)20-9-2-4-11-22(20)23/h1-12,18,23-24,30H,13-15H2,(H,28,34)(H,32,33)/t18-,24-/m1/s1. The second-order valence-electron chi connectivity index (χ2n) is 8.73. The Morgan fingerprint density at radius 2 is 1.60 bits per heavy atom. The quantitative estimate of drug-likeness (QED) is 0.521. The molecule has 2 aliphatic rings. The number of aliphatic hydroxyl groups excluding tert-OH is 1. The maximum Gasteiger partial charge on any atom is 0.411 e. The van der Waals surface area contributed by atoms with Gasteiger partial charge in [-0.25, -0.2) is 9.59 Å². The van der Waals surface area contributed by atoms with E-state index >= 15 is 0 Å². The van der Waals surface area contributed by atoms with E-state index in [4.69, 9.17) is 4.74 Å². The van der Waals surface area contributed by atoms with Crippen LogP contribution in [0.25, 0.3) is 11.1 Å². The summed E-state index contributed by atoms with van der Waals surface area (Å²) in [5.74, 6) is -1.76. The zero-order chi connectivity index (χ0) is 24.5. The van der Waals surface area contributed by atoms with Gasteiger partial charge >= 0.3 is 12.1 Å². The number of aliphatic carboxylic acids is 1. The minimum absolute atomic E-state index is 0.0151. The van der Waals surface area contributed by atoms with Crippen LogP contribution in [0.3, 0.4) is 0 Å². The molecule has 0 saturated carbocycles. The smallest absolute Gasteiger partial charge is 0.411 e. The predicted molar refractivity (Wildman–Crippen MR) is 128 cm³/mol. The van der Waals surface area contributed by atoms with Crippen molar-refractivity contribution in [1.29, 1.82) is 0 Å². The molecular weight excluding hydrogens is 448 g/mol. The molecule has 3 aromatic carbocycles. The van der Waals surface area contributed by atoms with E-state index in [0.29, 0.717) is 5.69 Å². The number of carboxylic acids is 1. The van der Waals surface area contributed by atoms with Crippen LogP contribution >= 0.6 is 0 Å². The molecule has 1 heterocycles. The number of carboxylic acid groups (broad SMARTS) is 1. The predicted octanol–water partition coefficient (Wildman–Crippen LogP) is 3.71. The molecule has 1 aliphatic carbocycles. The summed E-state index contributed by atoms with van der Waals surface area (Å²) < 4.78 is 5.55. The average Bonchev–Trinajstić information content (AvgIpc) is 3.41. The van der Waals surface area contributed by atoms with Gasteiger partial charge in [-0.2, -0.15) is 0 Å². The van der Waals surface area contributed by atoms with Crippen molar-refractivity contribution in [2.45, 2.75) is 24.5 Å². The van der Waals surface area contributed by atoms with Gasteiger partial charge in [0.15, 0.2) is 0 Å². The van der Waals surface area contributed by atoms with Crippen LogP contribution in [0.4, 0.5) is 10.5 Å². The second kappa shape index (κ2) is 9.23. The number of benzene rings is 3. The number of rotatable bonds is 5. The van der Waals surface area contributed by atoms with Crippen LogP contribution in [-0.2, 0) is 9.53 Å².